The van der Waals surface area contributed by atoms with Crippen LogP contribution in [0.5, 0.6) is 0 Å². The molecule has 0 unspecified atom stereocenters. The lowest BCUT2D eigenvalue weighted by atomic mass is 9.96. The molecule has 0 amide bonds. The summed E-state index contributed by atoms with van der Waals surface area (Å²) < 4.78 is 4.74. The highest BCUT2D eigenvalue weighted by Gasteiger charge is 2.23. The molecule has 6 heteroatoms. The van der Waals surface area contributed by atoms with Crippen molar-refractivity contribution in [2.75, 3.05) is 0 Å². The van der Waals surface area contributed by atoms with Gasteiger partial charge in [0.15, 0.2) is 17.5 Å². The van der Waals surface area contributed by atoms with Crippen LogP contribution >= 0.6 is 0 Å². The zero-order chi connectivity index (χ0) is 48.3. The molecule has 0 radical (unpaired) electrons. The number of nitrogens with zero attached hydrogens (tertiary/aromatic N) is 6. The summed E-state index contributed by atoms with van der Waals surface area (Å²) in [6, 6.07) is 83.5. The van der Waals surface area contributed by atoms with E-state index in [1.165, 1.54) is 16.7 Å². The minimum absolute atomic E-state index is 0.552. The molecule has 0 aliphatic rings. The average molecular weight is 921 g/mol. The van der Waals surface area contributed by atoms with E-state index in [2.05, 4.69) is 187 Å². The Morgan fingerprint density at radius 1 is 0.319 bits per heavy atom. The Bertz CT molecular complexity index is 4220. The van der Waals surface area contributed by atoms with E-state index in [0.717, 1.165) is 99.5 Å². The molecule has 0 spiro atoms. The molecule has 0 atom stereocenters. The van der Waals surface area contributed by atoms with Gasteiger partial charge in [0.05, 0.1) is 45.1 Å². The molecule has 0 aliphatic heterocycles. The van der Waals surface area contributed by atoms with Crippen LogP contribution in [0.3, 0.4) is 0 Å². The minimum atomic E-state index is 0.552. The van der Waals surface area contributed by atoms with Crippen molar-refractivity contribution in [1.82, 2.24) is 24.1 Å². The number of nitriles is 1. The Balaban J connectivity index is 1.10. The monoisotopic (exact) mass is 920 g/mol. The number of para-hydroxylation sites is 2. The van der Waals surface area contributed by atoms with Crippen LogP contribution in [0.25, 0.3) is 123 Å². The molecular weight excluding hydrogens is 877 g/mol. The van der Waals surface area contributed by atoms with Crippen LogP contribution in [-0.2, 0) is 0 Å². The van der Waals surface area contributed by atoms with Crippen molar-refractivity contribution in [2.24, 2.45) is 0 Å². The van der Waals surface area contributed by atoms with E-state index in [-0.39, 0.29) is 0 Å². The highest BCUT2D eigenvalue weighted by atomic mass is 15.0. The second-order valence-electron chi connectivity index (χ2n) is 18.5. The highest BCUT2D eigenvalue weighted by molar-refractivity contribution is 6.13. The van der Waals surface area contributed by atoms with Crippen molar-refractivity contribution < 1.29 is 0 Å². The summed E-state index contributed by atoms with van der Waals surface area (Å²) in [5.74, 6) is 1.73. The first-order valence-corrected chi connectivity index (χ1v) is 24.2. The number of aromatic nitrogens is 5. The lowest BCUT2D eigenvalue weighted by Gasteiger charge is -2.20. The van der Waals surface area contributed by atoms with Gasteiger partial charge < -0.3 is 9.13 Å². The molecule has 0 N–H and O–H groups in total. The van der Waals surface area contributed by atoms with Crippen molar-refractivity contribution in [3.05, 3.63) is 247 Å². The Kier molecular flexibility index (Phi) is 10.2. The normalized spacial score (nSPS) is 11.5. The van der Waals surface area contributed by atoms with Gasteiger partial charge in [-0.3, -0.25) is 0 Å². The van der Waals surface area contributed by atoms with Crippen LogP contribution < -0.4 is 0 Å². The summed E-state index contributed by atoms with van der Waals surface area (Å²) in [6.07, 6.45) is 0. The summed E-state index contributed by atoms with van der Waals surface area (Å²) in [5, 5.41) is 15.2. The number of aryl methyl sites for hydroxylation is 2. The first-order chi connectivity index (χ1) is 35.5. The number of hydrogen-bond acceptors (Lipinski definition) is 4. The standard InChI is InChI=1S/C66H44N6/c1-42-21-26-45(27-22-42)49-31-35-61-56(38-49)52-17-9-11-19-58(52)71(61)60-34-25-44(41-67)37-55(60)54-33-30-51(66-69-64(47-13-5-3-6-14-47)68-65(70-66)48-15-7-4-8-16-48)40-63(54)72-59-20-12-10-18-53(59)57-39-50(32-36-62(57)72)46-28-23-43(2)24-29-46/h3-40H,1-2H3. The molecule has 3 heterocycles. The van der Waals surface area contributed by atoms with E-state index in [0.29, 0.717) is 23.0 Å². The average Bonchev–Trinajstić information content (AvgIpc) is 3.95. The maximum Gasteiger partial charge on any atom is 0.164 e. The Labute approximate surface area is 417 Å². The van der Waals surface area contributed by atoms with Crippen LogP contribution in [0.1, 0.15) is 16.7 Å². The van der Waals surface area contributed by atoms with Gasteiger partial charge in [0, 0.05) is 49.4 Å². The molecule has 0 aliphatic carbocycles. The molecule has 13 rings (SSSR count). The minimum Gasteiger partial charge on any atom is -0.309 e. The van der Waals surface area contributed by atoms with Gasteiger partial charge in [-0.2, -0.15) is 5.26 Å². The van der Waals surface area contributed by atoms with E-state index >= 15 is 0 Å². The third kappa shape index (κ3) is 7.31. The number of fused-ring (bicyclic) bond motifs is 6. The molecule has 6 nitrogen and oxygen atoms in total. The van der Waals surface area contributed by atoms with Crippen LogP contribution in [-0.4, -0.2) is 24.1 Å². The maximum atomic E-state index is 10.6. The summed E-state index contributed by atoms with van der Waals surface area (Å²) >= 11 is 0. The molecule has 10 aromatic carbocycles. The van der Waals surface area contributed by atoms with Gasteiger partial charge >= 0.3 is 0 Å². The summed E-state index contributed by atoms with van der Waals surface area (Å²) in [6.45, 7) is 4.24. The lowest BCUT2D eigenvalue weighted by Crippen LogP contribution is -2.04. The van der Waals surface area contributed by atoms with Crippen molar-refractivity contribution in [1.29, 1.82) is 5.26 Å². The van der Waals surface area contributed by atoms with Gasteiger partial charge in [0.25, 0.3) is 0 Å². The third-order valence-electron chi connectivity index (χ3n) is 14.0. The zero-order valence-electron chi connectivity index (χ0n) is 39.6. The summed E-state index contributed by atoms with van der Waals surface area (Å²) in [5.41, 5.74) is 18.3. The third-order valence-corrected chi connectivity index (χ3v) is 14.0. The second-order valence-corrected chi connectivity index (χ2v) is 18.5. The summed E-state index contributed by atoms with van der Waals surface area (Å²) in [4.78, 5) is 15.4. The fourth-order valence-electron chi connectivity index (χ4n) is 10.4. The van der Waals surface area contributed by atoms with E-state index in [1.807, 2.05) is 72.8 Å². The number of benzene rings is 10. The van der Waals surface area contributed by atoms with Gasteiger partial charge in [0.2, 0.25) is 0 Å². The largest absolute Gasteiger partial charge is 0.309 e. The van der Waals surface area contributed by atoms with E-state index in [4.69, 9.17) is 15.0 Å². The SMILES string of the molecule is Cc1ccc(-c2ccc3c(c2)c2ccccc2n3-c2ccc(C#N)cc2-c2ccc(-c3nc(-c4ccccc4)nc(-c4ccccc4)n3)cc2-n2c3ccccc3c3cc(-c4ccc(C)cc4)ccc32)cc1. The molecule has 0 saturated carbocycles. The first-order valence-electron chi connectivity index (χ1n) is 24.2. The maximum absolute atomic E-state index is 10.6. The number of hydrogen-bond donors (Lipinski definition) is 0. The lowest BCUT2D eigenvalue weighted by molar-refractivity contribution is 1.07. The topological polar surface area (TPSA) is 72.3 Å². The fourth-order valence-corrected chi connectivity index (χ4v) is 10.4. The zero-order valence-corrected chi connectivity index (χ0v) is 39.6. The van der Waals surface area contributed by atoms with Crippen LogP contribution in [0.2, 0.25) is 0 Å². The van der Waals surface area contributed by atoms with E-state index < -0.39 is 0 Å². The molecule has 0 fully saturated rings. The van der Waals surface area contributed by atoms with Gasteiger partial charge in [-0.1, -0.05) is 181 Å². The van der Waals surface area contributed by atoms with E-state index in [1.54, 1.807) is 0 Å². The van der Waals surface area contributed by atoms with Gasteiger partial charge in [0.1, 0.15) is 0 Å². The predicted molar refractivity (Wildman–Crippen MR) is 295 cm³/mol. The molecule has 0 bridgehead atoms. The van der Waals surface area contributed by atoms with Gasteiger partial charge in [-0.15, -0.1) is 0 Å². The van der Waals surface area contributed by atoms with Crippen molar-refractivity contribution in [3.63, 3.8) is 0 Å². The Morgan fingerprint density at radius 3 is 1.26 bits per heavy atom. The highest BCUT2D eigenvalue weighted by Crippen LogP contribution is 2.44. The van der Waals surface area contributed by atoms with Crippen molar-refractivity contribution in [2.45, 2.75) is 13.8 Å². The Morgan fingerprint density at radius 2 is 0.750 bits per heavy atom. The van der Waals surface area contributed by atoms with Crippen molar-refractivity contribution >= 4 is 43.6 Å². The predicted octanol–water partition coefficient (Wildman–Crippen LogP) is 16.6. The van der Waals surface area contributed by atoms with E-state index in [9.17, 15) is 5.26 Å². The Hall–Kier alpha value is -9.70. The first kappa shape index (κ1) is 42.4. The van der Waals surface area contributed by atoms with Gasteiger partial charge in [-0.05, 0) is 96.8 Å². The van der Waals surface area contributed by atoms with Crippen molar-refractivity contribution in [3.8, 4) is 85.0 Å². The molecule has 0 saturated heterocycles. The molecular formula is C66H44N6. The number of rotatable bonds is 8. The molecule has 3 aromatic heterocycles. The molecule has 13 aromatic rings. The van der Waals surface area contributed by atoms with Crippen LogP contribution in [0, 0.1) is 25.2 Å². The quantitative estimate of drug-likeness (QED) is 0.152. The molecule has 338 valence electrons. The van der Waals surface area contributed by atoms with Crippen LogP contribution in [0.4, 0.5) is 0 Å². The molecule has 72 heavy (non-hydrogen) atoms. The second kappa shape index (κ2) is 17.4. The fraction of sp³-hybridized carbons (Fsp3) is 0.0303. The summed E-state index contributed by atoms with van der Waals surface area (Å²) in [7, 11) is 0. The smallest absolute Gasteiger partial charge is 0.164 e. The van der Waals surface area contributed by atoms with Crippen LogP contribution in [0.15, 0.2) is 231 Å². The van der Waals surface area contributed by atoms with Gasteiger partial charge in [-0.25, -0.2) is 15.0 Å².